The number of nitrogens with one attached hydrogen (secondary N) is 1. The minimum Gasteiger partial charge on any atom is -0.456 e. The van der Waals surface area contributed by atoms with Crippen LogP contribution in [0, 0.1) is 0 Å². The normalized spacial score (nSPS) is 14.9. The largest absolute Gasteiger partial charge is 0.456 e. The van der Waals surface area contributed by atoms with Crippen molar-refractivity contribution in [3.63, 3.8) is 0 Å². The second kappa shape index (κ2) is 15.4. The summed E-state index contributed by atoms with van der Waals surface area (Å²) in [5.41, 5.74) is 21.8. The summed E-state index contributed by atoms with van der Waals surface area (Å²) in [5, 5.41) is 12.2. The van der Waals surface area contributed by atoms with Gasteiger partial charge in [-0.3, -0.25) is 0 Å². The molecule has 1 N–H and O–H groups in total. The van der Waals surface area contributed by atoms with Crippen molar-refractivity contribution in [3.05, 3.63) is 187 Å². The molecule has 1 aliphatic carbocycles. The molecule has 357 valence electrons. The maximum atomic E-state index is 6.97. The van der Waals surface area contributed by atoms with E-state index in [9.17, 15) is 0 Å². The van der Waals surface area contributed by atoms with E-state index >= 15 is 0 Å². The Balaban J connectivity index is 1.02. The summed E-state index contributed by atoms with van der Waals surface area (Å²) in [7, 11) is 2.47. The van der Waals surface area contributed by atoms with Gasteiger partial charge in [-0.05, 0) is 123 Å². The first kappa shape index (κ1) is 43.8. The van der Waals surface area contributed by atoms with Crippen molar-refractivity contribution in [2.24, 2.45) is 0 Å². The number of hydrogen-bond acceptors (Lipinski definition) is 4. The van der Waals surface area contributed by atoms with Crippen LogP contribution in [0.15, 0.2) is 179 Å². The molecule has 2 aliphatic rings. The molecule has 4 nitrogen and oxygen atoms in total. The average Bonchev–Trinajstić information content (AvgIpc) is 4.15. The summed E-state index contributed by atoms with van der Waals surface area (Å²) in [6, 6.07) is 63.0. The van der Waals surface area contributed by atoms with E-state index in [-0.39, 0.29) is 16.2 Å². The Bertz CT molecular complexity index is 4500. The molecule has 0 unspecified atom stereocenters. The second-order valence-corrected chi connectivity index (χ2v) is 24.5. The number of aromatic nitrogens is 1. The van der Waals surface area contributed by atoms with Crippen molar-refractivity contribution in [1.29, 1.82) is 0 Å². The van der Waals surface area contributed by atoms with E-state index in [4.69, 9.17) is 8.83 Å². The van der Waals surface area contributed by atoms with Gasteiger partial charge in [-0.2, -0.15) is 0 Å². The maximum absolute atomic E-state index is 6.97. The van der Waals surface area contributed by atoms with Crippen molar-refractivity contribution in [2.75, 3.05) is 5.32 Å². The molecule has 0 amide bonds. The predicted octanol–water partition coefficient (Wildman–Crippen LogP) is 18.2. The Morgan fingerprint density at radius 1 is 0.541 bits per heavy atom. The number of fused-ring (bicyclic) bond motifs is 13. The maximum Gasteiger partial charge on any atom is 0.197 e. The minimum atomic E-state index is 0.0401. The topological polar surface area (TPSA) is 43.2 Å². The quantitative estimate of drug-likeness (QED) is 0.175. The molecular formula is C68H54BN2O2S. The highest BCUT2D eigenvalue weighted by Gasteiger charge is 2.38. The Labute approximate surface area is 435 Å². The molecule has 0 atom stereocenters. The Morgan fingerprint density at radius 3 is 1.95 bits per heavy atom. The first-order valence-electron chi connectivity index (χ1n) is 26.2. The third-order valence-corrected chi connectivity index (χ3v) is 18.0. The Kier molecular flexibility index (Phi) is 9.09. The summed E-state index contributed by atoms with van der Waals surface area (Å²) in [6.07, 6.45) is 2.30. The molecule has 74 heavy (non-hydrogen) atoms. The van der Waals surface area contributed by atoms with Gasteiger partial charge in [0, 0.05) is 87.4 Å². The lowest BCUT2D eigenvalue weighted by molar-refractivity contribution is 0.332. The van der Waals surface area contributed by atoms with Crippen LogP contribution >= 0.6 is 11.3 Å². The van der Waals surface area contributed by atoms with Gasteiger partial charge in [0.05, 0.1) is 11.2 Å². The third-order valence-electron chi connectivity index (χ3n) is 16.8. The summed E-state index contributed by atoms with van der Waals surface area (Å²) in [4.78, 5) is 1.28. The first-order valence-corrected chi connectivity index (χ1v) is 27.0. The van der Waals surface area contributed by atoms with E-state index in [2.05, 4.69) is 235 Å². The van der Waals surface area contributed by atoms with Gasteiger partial charge in [0.1, 0.15) is 22.3 Å². The number of nitrogens with zero attached hydrogens (tertiary/aromatic N) is 1. The number of rotatable bonds is 5. The molecular weight excluding hydrogens is 920 g/mol. The van der Waals surface area contributed by atoms with Gasteiger partial charge in [0.15, 0.2) is 7.28 Å². The van der Waals surface area contributed by atoms with Crippen molar-refractivity contribution >= 4 is 117 Å². The van der Waals surface area contributed by atoms with Crippen LogP contribution in [0.3, 0.4) is 0 Å². The highest BCUT2D eigenvalue weighted by atomic mass is 32.1. The zero-order valence-electron chi connectivity index (χ0n) is 42.8. The highest BCUT2D eigenvalue weighted by Crippen LogP contribution is 2.51. The summed E-state index contributed by atoms with van der Waals surface area (Å²) >= 11 is 1.88. The predicted molar refractivity (Wildman–Crippen MR) is 316 cm³/mol. The molecule has 1 aliphatic heterocycles. The van der Waals surface area contributed by atoms with Crippen molar-refractivity contribution in [3.8, 4) is 38.4 Å². The van der Waals surface area contributed by atoms with Gasteiger partial charge >= 0.3 is 0 Å². The average molecular weight is 974 g/mol. The molecule has 0 spiro atoms. The Hall–Kier alpha value is -7.80. The van der Waals surface area contributed by atoms with Crippen molar-refractivity contribution in [2.45, 2.75) is 77.6 Å². The lowest BCUT2D eigenvalue weighted by Gasteiger charge is -2.41. The third kappa shape index (κ3) is 6.46. The summed E-state index contributed by atoms with van der Waals surface area (Å²) < 4.78 is 17.4. The first-order chi connectivity index (χ1) is 35.8. The van der Waals surface area contributed by atoms with Crippen LogP contribution < -0.4 is 16.2 Å². The molecule has 0 saturated carbocycles. The van der Waals surface area contributed by atoms with Crippen molar-refractivity contribution in [1.82, 2.24) is 4.57 Å². The number of thiophene rings is 1. The lowest BCUT2D eigenvalue weighted by Crippen LogP contribution is -2.37. The van der Waals surface area contributed by atoms with Gasteiger partial charge in [-0.25, -0.2) is 0 Å². The van der Waals surface area contributed by atoms with E-state index in [0.29, 0.717) is 0 Å². The van der Waals surface area contributed by atoms with Crippen LogP contribution in [-0.2, 0) is 16.2 Å². The van der Waals surface area contributed by atoms with Crippen LogP contribution in [0.5, 0.6) is 0 Å². The number of anilines is 2. The SMILES string of the molecule is CC(C)(C)c1ccc(Nc2cc3oc4cc5c(cc4c3cc2-c2ccc3c4cc6c(cc4n4c3c2[B]c2cc3sc(-c7ccccc7)c(-c7ccccc7)c3cc2-4)oc2ccccc26)C(C)(C)CCC5(C)C)cc1. The molecule has 0 bridgehead atoms. The number of benzene rings is 9. The number of hydrogen-bond donors (Lipinski definition) is 1. The lowest BCUT2D eigenvalue weighted by atomic mass is 9.59. The van der Waals surface area contributed by atoms with Gasteiger partial charge in [0.25, 0.3) is 0 Å². The molecule has 0 saturated heterocycles. The van der Waals surface area contributed by atoms with Crippen LogP contribution in [0.1, 0.15) is 78.0 Å². The zero-order chi connectivity index (χ0) is 50.0. The molecule has 1 radical (unpaired) electrons. The number of para-hydroxylation sites is 1. The summed E-state index contributed by atoms with van der Waals surface area (Å²) in [5.74, 6) is 0. The molecule has 13 aromatic rings. The smallest absolute Gasteiger partial charge is 0.197 e. The Morgan fingerprint density at radius 2 is 1.19 bits per heavy atom. The fourth-order valence-electron chi connectivity index (χ4n) is 12.7. The van der Waals surface area contributed by atoms with Gasteiger partial charge in [0.2, 0.25) is 0 Å². The van der Waals surface area contributed by atoms with Gasteiger partial charge < -0.3 is 18.7 Å². The molecule has 5 heterocycles. The van der Waals surface area contributed by atoms with E-state index in [1.54, 1.807) is 0 Å². The monoisotopic (exact) mass is 973 g/mol. The molecule has 9 aromatic carbocycles. The van der Waals surface area contributed by atoms with E-state index in [0.717, 1.165) is 85.0 Å². The van der Waals surface area contributed by atoms with Crippen LogP contribution in [0.4, 0.5) is 11.4 Å². The molecule has 0 fully saturated rings. The highest BCUT2D eigenvalue weighted by molar-refractivity contribution is 7.23. The summed E-state index contributed by atoms with van der Waals surface area (Å²) in [6.45, 7) is 16.4. The molecule has 4 aromatic heterocycles. The zero-order valence-corrected chi connectivity index (χ0v) is 43.6. The van der Waals surface area contributed by atoms with E-state index in [1.165, 1.54) is 80.9 Å². The van der Waals surface area contributed by atoms with Crippen LogP contribution in [0.25, 0.3) is 114 Å². The number of furan rings is 2. The van der Waals surface area contributed by atoms with E-state index < -0.39 is 0 Å². The fourth-order valence-corrected chi connectivity index (χ4v) is 14.0. The van der Waals surface area contributed by atoms with E-state index in [1.807, 2.05) is 11.3 Å². The van der Waals surface area contributed by atoms with Crippen LogP contribution in [0.2, 0.25) is 0 Å². The molecule has 6 heteroatoms. The van der Waals surface area contributed by atoms with Gasteiger partial charge in [-0.1, -0.05) is 157 Å². The minimum absolute atomic E-state index is 0.0401. The van der Waals surface area contributed by atoms with Crippen LogP contribution in [-0.4, -0.2) is 11.8 Å². The van der Waals surface area contributed by atoms with Crippen molar-refractivity contribution < 1.29 is 8.83 Å². The second-order valence-electron chi connectivity index (χ2n) is 23.4. The molecule has 15 rings (SSSR count). The standard InChI is InChI=1S/C68H54BN2O2S/c1-66(2,3)40-22-24-41(25-23-40)70-54-36-59-48(49-32-51-52(34-58(49)73-59)68(6,7)29-28-67(51,4)5)30-45(54)43-26-27-44-46-31-47-42-20-14-15-21-57(42)72-60(47)37-55(46)71-56-33-50-61(35-53(56)69-63(43)64(44)71)74-65(39-18-12-9-13-19-39)62(50)38-16-10-8-11-17-38/h8-27,30-37,70H,28-29H2,1-7H3. The van der Waals surface area contributed by atoms with Gasteiger partial charge in [-0.15, -0.1) is 11.3 Å². The fraction of sp³-hybridized carbons (Fsp3) is 0.176.